The molecule has 3 aromatic rings. The molecular formula is C21H24O5Sn. The molecule has 0 saturated heterocycles. The van der Waals surface area contributed by atoms with Gasteiger partial charge >= 0.3 is 163 Å². The van der Waals surface area contributed by atoms with Crippen molar-refractivity contribution in [1.82, 2.24) is 0 Å². The van der Waals surface area contributed by atoms with Crippen LogP contribution < -0.4 is 23.2 Å². The zero-order chi connectivity index (χ0) is 19.8. The average molecular weight is 475 g/mol. The third-order valence-corrected chi connectivity index (χ3v) is 10.2. The number of hydrogen-bond acceptors (Lipinski definition) is 5. The van der Waals surface area contributed by atoms with Crippen LogP contribution >= 0.6 is 0 Å². The molecule has 0 fully saturated rings. The van der Waals surface area contributed by atoms with Crippen LogP contribution in [0.5, 0.6) is 17.2 Å². The van der Waals surface area contributed by atoms with Gasteiger partial charge < -0.3 is 0 Å². The van der Waals surface area contributed by atoms with Gasteiger partial charge in [0, 0.05) is 0 Å². The van der Waals surface area contributed by atoms with Crippen LogP contribution in [0.4, 0.5) is 0 Å². The van der Waals surface area contributed by atoms with Crippen molar-refractivity contribution in [3.8, 4) is 28.6 Å². The van der Waals surface area contributed by atoms with E-state index in [1.165, 1.54) is 16.8 Å². The average Bonchev–Trinajstić information content (AvgIpc) is 2.65. The summed E-state index contributed by atoms with van der Waals surface area (Å²) in [7, 11) is 4.77. The van der Waals surface area contributed by atoms with Crippen LogP contribution in [-0.4, -0.2) is 39.7 Å². The summed E-state index contributed by atoms with van der Waals surface area (Å²) in [5, 5.41) is 0.408. The van der Waals surface area contributed by atoms with E-state index in [0.29, 0.717) is 28.2 Å². The number of fused-ring (bicyclic) bond motifs is 1. The molecule has 0 radical (unpaired) electrons. The predicted octanol–water partition coefficient (Wildman–Crippen LogP) is 4.03. The summed E-state index contributed by atoms with van der Waals surface area (Å²) in [6.45, 7) is 0. The van der Waals surface area contributed by atoms with Gasteiger partial charge in [-0.25, -0.2) is 0 Å². The number of rotatable bonds is 5. The quantitative estimate of drug-likeness (QED) is 0.522. The Labute approximate surface area is 162 Å². The number of ether oxygens (including phenoxy) is 3. The molecule has 0 amide bonds. The molecular weight excluding hydrogens is 451 g/mol. The topological polar surface area (TPSA) is 57.9 Å². The van der Waals surface area contributed by atoms with E-state index in [9.17, 15) is 4.79 Å². The third-order valence-electron chi connectivity index (χ3n) is 4.52. The molecule has 1 heterocycles. The minimum absolute atomic E-state index is 0.151. The van der Waals surface area contributed by atoms with E-state index in [-0.39, 0.29) is 5.43 Å². The van der Waals surface area contributed by atoms with Crippen molar-refractivity contribution in [3.05, 3.63) is 46.6 Å². The Kier molecular flexibility index (Phi) is 5.42. The second-order valence-corrected chi connectivity index (χ2v) is 21.7. The molecule has 0 aliphatic rings. The van der Waals surface area contributed by atoms with Crippen molar-refractivity contribution >= 4 is 32.9 Å². The van der Waals surface area contributed by atoms with Crippen LogP contribution in [0.25, 0.3) is 22.3 Å². The molecule has 0 aliphatic carbocycles. The molecule has 1 aromatic heterocycles. The second kappa shape index (κ2) is 7.46. The molecule has 6 heteroatoms. The van der Waals surface area contributed by atoms with E-state index >= 15 is 0 Å². The van der Waals surface area contributed by atoms with E-state index < -0.39 is 18.4 Å². The summed E-state index contributed by atoms with van der Waals surface area (Å²) in [5.74, 6) is 2.42. The molecule has 142 valence electrons. The van der Waals surface area contributed by atoms with Gasteiger partial charge in [-0.3, -0.25) is 0 Å². The van der Waals surface area contributed by atoms with E-state index in [4.69, 9.17) is 18.6 Å². The zero-order valence-electron chi connectivity index (χ0n) is 16.5. The summed E-state index contributed by atoms with van der Waals surface area (Å²) < 4.78 is 23.5. The maximum absolute atomic E-state index is 12.8. The Morgan fingerprint density at radius 1 is 0.852 bits per heavy atom. The molecule has 27 heavy (non-hydrogen) atoms. The van der Waals surface area contributed by atoms with Gasteiger partial charge in [0.15, 0.2) is 0 Å². The van der Waals surface area contributed by atoms with Crippen molar-refractivity contribution < 1.29 is 18.6 Å². The summed E-state index contributed by atoms with van der Waals surface area (Å²) in [4.78, 5) is 19.7. The van der Waals surface area contributed by atoms with Crippen LogP contribution in [-0.2, 0) is 0 Å². The van der Waals surface area contributed by atoms with Crippen molar-refractivity contribution in [1.29, 1.82) is 0 Å². The van der Waals surface area contributed by atoms with Crippen molar-refractivity contribution in [2.24, 2.45) is 0 Å². The van der Waals surface area contributed by atoms with E-state index in [1.54, 1.807) is 26.4 Å². The van der Waals surface area contributed by atoms with Crippen LogP contribution in [0.3, 0.4) is 0 Å². The normalized spacial score (nSPS) is 11.5. The van der Waals surface area contributed by atoms with Crippen molar-refractivity contribution in [3.63, 3.8) is 0 Å². The fraction of sp³-hybridized carbons (Fsp3) is 0.286. The predicted molar refractivity (Wildman–Crippen MR) is 111 cm³/mol. The van der Waals surface area contributed by atoms with Crippen molar-refractivity contribution in [2.45, 2.75) is 14.8 Å². The van der Waals surface area contributed by atoms with E-state index in [1.807, 2.05) is 12.1 Å². The van der Waals surface area contributed by atoms with Crippen LogP contribution in [0.15, 0.2) is 45.6 Å². The Bertz CT molecular complexity index is 1050. The van der Waals surface area contributed by atoms with Gasteiger partial charge in [0.1, 0.15) is 0 Å². The molecule has 0 saturated carbocycles. The van der Waals surface area contributed by atoms with Crippen LogP contribution in [0.1, 0.15) is 0 Å². The van der Waals surface area contributed by atoms with Gasteiger partial charge in [0.05, 0.1) is 0 Å². The Balaban J connectivity index is 2.25. The summed E-state index contributed by atoms with van der Waals surface area (Å²) in [5.41, 5.74) is 1.14. The first-order valence-electron chi connectivity index (χ1n) is 8.67. The molecule has 0 N–H and O–H groups in total. The molecule has 0 aliphatic heterocycles. The number of methoxy groups -OCH3 is 3. The molecule has 5 nitrogen and oxygen atoms in total. The van der Waals surface area contributed by atoms with E-state index in [2.05, 4.69) is 20.9 Å². The minimum atomic E-state index is -2.43. The summed E-state index contributed by atoms with van der Waals surface area (Å²) >= 11 is -2.43. The third kappa shape index (κ3) is 3.78. The summed E-state index contributed by atoms with van der Waals surface area (Å²) in [6.07, 6.45) is 0. The fourth-order valence-electron chi connectivity index (χ4n) is 3.10. The van der Waals surface area contributed by atoms with E-state index in [0.717, 1.165) is 11.3 Å². The number of benzene rings is 2. The second-order valence-electron chi connectivity index (χ2n) is 7.34. The molecule has 0 atom stereocenters. The first-order chi connectivity index (χ1) is 12.8. The summed E-state index contributed by atoms with van der Waals surface area (Å²) in [6, 6.07) is 10.9. The number of hydrogen-bond donors (Lipinski definition) is 0. The monoisotopic (exact) mass is 476 g/mol. The Morgan fingerprint density at radius 3 is 2.15 bits per heavy atom. The zero-order valence-corrected chi connectivity index (χ0v) is 19.4. The van der Waals surface area contributed by atoms with Gasteiger partial charge in [0.25, 0.3) is 0 Å². The van der Waals surface area contributed by atoms with Crippen LogP contribution in [0.2, 0.25) is 14.8 Å². The molecule has 3 rings (SSSR count). The van der Waals surface area contributed by atoms with Crippen LogP contribution in [0, 0.1) is 0 Å². The van der Waals surface area contributed by atoms with Gasteiger partial charge in [0.2, 0.25) is 0 Å². The van der Waals surface area contributed by atoms with Gasteiger partial charge in [-0.2, -0.15) is 0 Å². The first-order valence-corrected chi connectivity index (χ1v) is 18.7. The van der Waals surface area contributed by atoms with Gasteiger partial charge in [-0.1, -0.05) is 0 Å². The Hall–Kier alpha value is -2.15. The SMILES string of the molecule is COc1cc(OC)c2c(=O)cc(-c3ccc(OC)[c]([Sn]([CH3])([CH3])[CH3])c3)oc2c1. The first kappa shape index (κ1) is 19.6. The van der Waals surface area contributed by atoms with Gasteiger partial charge in [-0.15, -0.1) is 0 Å². The molecule has 0 unspecified atom stereocenters. The Morgan fingerprint density at radius 2 is 1.56 bits per heavy atom. The standard InChI is InChI=1S/C18H15O5.3CH3.Sn/c1-20-12-6-4-11(5-7-12)15-10-14(19)18-16(22-3)8-13(21-2)9-17(18)23-15;;;;/h4-6,8-10H,1-3H3;3*1H3;. The fourth-order valence-corrected chi connectivity index (χ4v) is 7.42. The molecule has 2 aromatic carbocycles. The van der Waals surface area contributed by atoms with Crippen molar-refractivity contribution in [2.75, 3.05) is 21.3 Å². The van der Waals surface area contributed by atoms with Gasteiger partial charge in [-0.05, 0) is 0 Å². The molecule has 0 bridgehead atoms. The molecule has 0 spiro atoms. The maximum atomic E-state index is 12.8.